The summed E-state index contributed by atoms with van der Waals surface area (Å²) in [5.74, 6) is -0.0396. The third-order valence-electron chi connectivity index (χ3n) is 6.93. The quantitative estimate of drug-likeness (QED) is 0.252. The van der Waals surface area contributed by atoms with Gasteiger partial charge in [0.1, 0.15) is 5.75 Å². The molecule has 2 N–H and O–H groups in total. The summed E-state index contributed by atoms with van der Waals surface area (Å²) in [5.41, 5.74) is 8.23. The zero-order chi connectivity index (χ0) is 25.4. The number of aromatic nitrogens is 2. The zero-order valence-corrected chi connectivity index (χ0v) is 20.4. The average Bonchev–Trinajstić information content (AvgIpc) is 3.52. The van der Waals surface area contributed by atoms with Crippen molar-refractivity contribution in [1.82, 2.24) is 9.55 Å². The van der Waals surface area contributed by atoms with Crippen LogP contribution in [0.5, 0.6) is 5.75 Å². The van der Waals surface area contributed by atoms with Gasteiger partial charge in [-0.25, -0.2) is 4.79 Å². The van der Waals surface area contributed by atoms with Gasteiger partial charge in [0.25, 0.3) is 0 Å². The topological polar surface area (TPSA) is 67.2 Å². The predicted molar refractivity (Wildman–Crippen MR) is 148 cm³/mol. The minimum Gasteiger partial charge on any atom is -0.497 e. The van der Waals surface area contributed by atoms with Crippen molar-refractivity contribution in [1.29, 1.82) is 0 Å². The van der Waals surface area contributed by atoms with E-state index >= 15 is 0 Å². The van der Waals surface area contributed by atoms with Gasteiger partial charge in [-0.15, -0.1) is 0 Å². The van der Waals surface area contributed by atoms with Crippen molar-refractivity contribution in [3.05, 3.63) is 126 Å². The number of fused-ring (bicyclic) bond motifs is 2. The molecular weight excluding hydrogens is 460 g/mol. The Labute approximate surface area is 214 Å². The Kier molecular flexibility index (Phi) is 5.73. The molecule has 0 bridgehead atoms. The SMILES string of the molecule is COc1cccc(Cc2c[nH]c3cc(-c4ccc5ccn(Cc6cccc(C(=O)O)c6)c5c4)ccc23)c1. The number of aromatic carboxylic acids is 1. The van der Waals surface area contributed by atoms with Crippen LogP contribution < -0.4 is 4.74 Å². The second-order valence-electron chi connectivity index (χ2n) is 9.33. The molecule has 0 aliphatic heterocycles. The van der Waals surface area contributed by atoms with Crippen molar-refractivity contribution in [2.45, 2.75) is 13.0 Å². The smallest absolute Gasteiger partial charge is 0.335 e. The number of carboxylic acid groups (broad SMARTS) is 1. The van der Waals surface area contributed by atoms with Gasteiger partial charge in [0.05, 0.1) is 12.7 Å². The molecule has 0 aliphatic carbocycles. The Morgan fingerprint density at radius 1 is 0.892 bits per heavy atom. The molecule has 182 valence electrons. The summed E-state index contributed by atoms with van der Waals surface area (Å²) < 4.78 is 7.54. The van der Waals surface area contributed by atoms with Crippen LogP contribution in [0.1, 0.15) is 27.0 Å². The monoisotopic (exact) mass is 486 g/mol. The molecule has 5 heteroatoms. The van der Waals surface area contributed by atoms with Crippen LogP contribution in [0.3, 0.4) is 0 Å². The number of hydrogen-bond donors (Lipinski definition) is 2. The van der Waals surface area contributed by atoms with Gasteiger partial charge in [0.15, 0.2) is 0 Å². The number of aromatic amines is 1. The maximum atomic E-state index is 11.4. The van der Waals surface area contributed by atoms with E-state index in [2.05, 4.69) is 76.5 Å². The highest BCUT2D eigenvalue weighted by Gasteiger charge is 2.10. The van der Waals surface area contributed by atoms with E-state index in [1.165, 1.54) is 16.5 Å². The molecule has 0 fully saturated rings. The molecule has 4 aromatic carbocycles. The number of rotatable bonds is 7. The van der Waals surface area contributed by atoms with Crippen LogP contribution in [0, 0.1) is 0 Å². The van der Waals surface area contributed by atoms with E-state index in [9.17, 15) is 9.90 Å². The van der Waals surface area contributed by atoms with E-state index in [1.807, 2.05) is 18.2 Å². The summed E-state index contributed by atoms with van der Waals surface area (Å²) >= 11 is 0. The Morgan fingerprint density at radius 2 is 1.70 bits per heavy atom. The summed E-state index contributed by atoms with van der Waals surface area (Å²) in [6.45, 7) is 0.609. The molecule has 2 aromatic heterocycles. The molecule has 0 amide bonds. The van der Waals surface area contributed by atoms with Crippen LogP contribution in [0.2, 0.25) is 0 Å². The van der Waals surface area contributed by atoms with E-state index in [1.54, 1.807) is 25.3 Å². The number of carboxylic acids is 1. The van der Waals surface area contributed by atoms with Gasteiger partial charge in [-0.05, 0) is 82.1 Å². The molecule has 6 aromatic rings. The third-order valence-corrected chi connectivity index (χ3v) is 6.93. The van der Waals surface area contributed by atoms with Crippen LogP contribution in [0.4, 0.5) is 0 Å². The molecule has 37 heavy (non-hydrogen) atoms. The lowest BCUT2D eigenvalue weighted by Crippen LogP contribution is -2.01. The summed E-state index contributed by atoms with van der Waals surface area (Å²) in [7, 11) is 1.69. The fraction of sp³-hybridized carbons (Fsp3) is 0.0938. The Balaban J connectivity index is 1.30. The lowest BCUT2D eigenvalue weighted by Gasteiger charge is -2.09. The van der Waals surface area contributed by atoms with Gasteiger partial charge >= 0.3 is 5.97 Å². The molecule has 0 spiro atoms. The third kappa shape index (κ3) is 4.47. The predicted octanol–water partition coefficient (Wildman–Crippen LogP) is 7.14. The first-order chi connectivity index (χ1) is 18.1. The number of H-pyrrole nitrogens is 1. The summed E-state index contributed by atoms with van der Waals surface area (Å²) in [5, 5.41) is 11.7. The molecule has 0 saturated heterocycles. The average molecular weight is 487 g/mol. The molecule has 0 unspecified atom stereocenters. The second-order valence-corrected chi connectivity index (χ2v) is 9.33. The first-order valence-corrected chi connectivity index (χ1v) is 12.2. The van der Waals surface area contributed by atoms with E-state index < -0.39 is 5.97 Å². The van der Waals surface area contributed by atoms with Crippen LogP contribution in [-0.4, -0.2) is 27.7 Å². The number of benzene rings is 4. The minimum atomic E-state index is -0.909. The molecule has 6 rings (SSSR count). The molecule has 0 aliphatic rings. The molecule has 2 heterocycles. The van der Waals surface area contributed by atoms with Crippen LogP contribution >= 0.6 is 0 Å². The Hall–Kier alpha value is -4.77. The van der Waals surface area contributed by atoms with Crippen LogP contribution in [0.25, 0.3) is 32.9 Å². The summed E-state index contributed by atoms with van der Waals surface area (Å²) in [6.07, 6.45) is 4.98. The highest BCUT2D eigenvalue weighted by molar-refractivity contribution is 5.91. The highest BCUT2D eigenvalue weighted by Crippen LogP contribution is 2.30. The Morgan fingerprint density at radius 3 is 2.57 bits per heavy atom. The number of nitrogens with one attached hydrogen (secondary N) is 1. The van der Waals surface area contributed by atoms with Gasteiger partial charge in [-0.3, -0.25) is 0 Å². The maximum Gasteiger partial charge on any atom is 0.335 e. The largest absolute Gasteiger partial charge is 0.497 e. The zero-order valence-electron chi connectivity index (χ0n) is 20.4. The fourth-order valence-electron chi connectivity index (χ4n) is 5.02. The lowest BCUT2D eigenvalue weighted by atomic mass is 10.00. The van der Waals surface area contributed by atoms with E-state index in [0.29, 0.717) is 12.1 Å². The summed E-state index contributed by atoms with van der Waals surface area (Å²) in [6, 6.07) is 30.5. The Bertz CT molecular complexity index is 1760. The van der Waals surface area contributed by atoms with Gasteiger partial charge in [-0.1, -0.05) is 48.5 Å². The van der Waals surface area contributed by atoms with Crippen molar-refractivity contribution in [2.75, 3.05) is 7.11 Å². The highest BCUT2D eigenvalue weighted by atomic mass is 16.5. The van der Waals surface area contributed by atoms with E-state index in [-0.39, 0.29) is 0 Å². The van der Waals surface area contributed by atoms with Crippen molar-refractivity contribution in [2.24, 2.45) is 0 Å². The van der Waals surface area contributed by atoms with Crippen molar-refractivity contribution in [3.8, 4) is 16.9 Å². The van der Waals surface area contributed by atoms with Gasteiger partial charge in [-0.2, -0.15) is 0 Å². The van der Waals surface area contributed by atoms with Crippen molar-refractivity contribution < 1.29 is 14.6 Å². The first-order valence-electron chi connectivity index (χ1n) is 12.2. The van der Waals surface area contributed by atoms with Gasteiger partial charge in [0.2, 0.25) is 0 Å². The molecule has 0 saturated carbocycles. The van der Waals surface area contributed by atoms with Gasteiger partial charge < -0.3 is 19.4 Å². The minimum absolute atomic E-state index is 0.305. The number of ether oxygens (including phenoxy) is 1. The fourth-order valence-corrected chi connectivity index (χ4v) is 5.02. The van der Waals surface area contributed by atoms with Gasteiger partial charge in [0, 0.05) is 35.4 Å². The number of hydrogen-bond acceptors (Lipinski definition) is 2. The lowest BCUT2D eigenvalue weighted by molar-refractivity contribution is 0.0696. The van der Waals surface area contributed by atoms with Crippen LogP contribution in [0.15, 0.2) is 103 Å². The number of carbonyl (C=O) groups is 1. The molecule has 0 radical (unpaired) electrons. The van der Waals surface area contributed by atoms with Crippen molar-refractivity contribution >= 4 is 27.8 Å². The number of methoxy groups -OCH3 is 1. The normalized spacial score (nSPS) is 11.3. The van der Waals surface area contributed by atoms with E-state index in [4.69, 9.17) is 4.74 Å². The van der Waals surface area contributed by atoms with Crippen LogP contribution in [-0.2, 0) is 13.0 Å². The van der Waals surface area contributed by atoms with Crippen molar-refractivity contribution in [3.63, 3.8) is 0 Å². The molecule has 5 nitrogen and oxygen atoms in total. The number of nitrogens with zero attached hydrogens (tertiary/aromatic N) is 1. The second kappa shape index (κ2) is 9.36. The standard InChI is InChI=1S/C32H26N2O3/c1-37-28-7-3-4-21(16-28)14-27-19-33-30-17-24(10-11-29(27)30)25-9-8-23-12-13-34(31(23)18-25)20-22-5-2-6-26(15-22)32(35)36/h2-13,15-19,33H,14,20H2,1H3,(H,35,36). The first kappa shape index (κ1) is 22.7. The molecule has 0 atom stereocenters. The molecular formula is C32H26N2O3. The summed E-state index contributed by atoms with van der Waals surface area (Å²) in [4.78, 5) is 14.8. The van der Waals surface area contributed by atoms with E-state index in [0.717, 1.165) is 45.3 Å². The maximum absolute atomic E-state index is 11.4.